The van der Waals surface area contributed by atoms with Crippen LogP contribution in [0.5, 0.6) is 0 Å². The van der Waals surface area contributed by atoms with E-state index in [1.165, 1.54) is 5.56 Å². The van der Waals surface area contributed by atoms with E-state index < -0.39 is 0 Å². The largest absolute Gasteiger partial charge is 0.396 e. The minimum atomic E-state index is 0.214. The van der Waals surface area contributed by atoms with Gasteiger partial charge in [0.05, 0.1) is 11.9 Å². The minimum Gasteiger partial charge on any atom is -0.396 e. The summed E-state index contributed by atoms with van der Waals surface area (Å²) in [6.07, 6.45) is 3.62. The van der Waals surface area contributed by atoms with E-state index in [4.69, 9.17) is 0 Å². The fraction of sp³-hybridized carbons (Fsp3) is 0.286. The van der Waals surface area contributed by atoms with Gasteiger partial charge in [0, 0.05) is 24.9 Å². The highest BCUT2D eigenvalue weighted by Gasteiger charge is 2.13. The lowest BCUT2D eigenvalue weighted by molar-refractivity contribution is 0.274. The van der Waals surface area contributed by atoms with Crippen LogP contribution in [0.4, 0.5) is 0 Å². The Morgan fingerprint density at radius 3 is 2.40 bits per heavy atom. The molecule has 0 aliphatic carbocycles. The summed E-state index contributed by atoms with van der Waals surface area (Å²) in [4.78, 5) is 4.49. The van der Waals surface area contributed by atoms with Gasteiger partial charge in [0.15, 0.2) is 0 Å². The predicted octanol–water partition coefficient (Wildman–Crippen LogP) is 3.78. The van der Waals surface area contributed by atoms with Crippen molar-refractivity contribution in [1.82, 2.24) is 14.9 Å². The summed E-state index contributed by atoms with van der Waals surface area (Å²) >= 11 is 0. The molecular formula is C21H25N3O. The highest BCUT2D eigenvalue weighted by atomic mass is 16.2. The maximum Gasteiger partial charge on any atom is 0.110 e. The van der Waals surface area contributed by atoms with Gasteiger partial charge in [-0.05, 0) is 37.5 Å². The molecule has 0 radical (unpaired) electrons. The van der Waals surface area contributed by atoms with Crippen LogP contribution >= 0.6 is 0 Å². The van der Waals surface area contributed by atoms with E-state index in [2.05, 4.69) is 51.3 Å². The number of aryl methyl sites for hydroxylation is 1. The molecule has 0 amide bonds. The molecule has 0 fully saturated rings. The normalized spacial score (nSPS) is 12.2. The smallest absolute Gasteiger partial charge is 0.110 e. The standard InChI is InChI=1S/C21H25N3O/c1-17-22-15-20(24(17)19-11-6-3-7-12-19)16-23-21(13-8-14-25)18-9-4-2-5-10-18/h2-7,9-12,15,21,23,25H,8,13-14,16H2,1H3. The second-order valence-electron chi connectivity index (χ2n) is 6.18. The average Bonchev–Trinajstić information content (AvgIpc) is 3.04. The molecule has 4 nitrogen and oxygen atoms in total. The number of aromatic nitrogens is 2. The van der Waals surface area contributed by atoms with Crippen LogP contribution in [0.1, 0.15) is 36.0 Å². The fourth-order valence-electron chi connectivity index (χ4n) is 3.14. The highest BCUT2D eigenvalue weighted by molar-refractivity contribution is 5.35. The van der Waals surface area contributed by atoms with Crippen molar-refractivity contribution in [3.63, 3.8) is 0 Å². The quantitative estimate of drug-likeness (QED) is 0.658. The van der Waals surface area contributed by atoms with Gasteiger partial charge in [0.25, 0.3) is 0 Å². The van der Waals surface area contributed by atoms with Crippen LogP contribution in [0.3, 0.4) is 0 Å². The van der Waals surface area contributed by atoms with Gasteiger partial charge in [0.2, 0.25) is 0 Å². The van der Waals surface area contributed by atoms with E-state index in [1.54, 1.807) is 0 Å². The van der Waals surface area contributed by atoms with Gasteiger partial charge < -0.3 is 10.4 Å². The van der Waals surface area contributed by atoms with Gasteiger partial charge in [0.1, 0.15) is 5.82 Å². The number of aliphatic hydroxyl groups is 1. The molecule has 4 heteroatoms. The number of rotatable bonds is 8. The van der Waals surface area contributed by atoms with Crippen molar-refractivity contribution >= 4 is 0 Å². The monoisotopic (exact) mass is 335 g/mol. The van der Waals surface area contributed by atoms with E-state index >= 15 is 0 Å². The highest BCUT2D eigenvalue weighted by Crippen LogP contribution is 2.20. The molecule has 3 rings (SSSR count). The molecule has 0 bridgehead atoms. The maximum atomic E-state index is 9.20. The first-order valence-corrected chi connectivity index (χ1v) is 8.77. The van der Waals surface area contributed by atoms with Crippen molar-refractivity contribution < 1.29 is 5.11 Å². The number of benzene rings is 2. The molecular weight excluding hydrogens is 310 g/mol. The molecule has 0 aliphatic heterocycles. The lowest BCUT2D eigenvalue weighted by Gasteiger charge is -2.20. The lowest BCUT2D eigenvalue weighted by Crippen LogP contribution is -2.22. The predicted molar refractivity (Wildman–Crippen MR) is 101 cm³/mol. The average molecular weight is 335 g/mol. The lowest BCUT2D eigenvalue weighted by atomic mass is 10.0. The second-order valence-corrected chi connectivity index (χ2v) is 6.18. The second kappa shape index (κ2) is 8.60. The van der Waals surface area contributed by atoms with Gasteiger partial charge in [-0.2, -0.15) is 0 Å². The molecule has 1 unspecified atom stereocenters. The molecule has 0 spiro atoms. The van der Waals surface area contributed by atoms with Crippen molar-refractivity contribution in [2.24, 2.45) is 0 Å². The molecule has 1 aromatic heterocycles. The summed E-state index contributed by atoms with van der Waals surface area (Å²) in [7, 11) is 0. The third-order valence-electron chi connectivity index (χ3n) is 4.41. The van der Waals surface area contributed by atoms with Crippen LogP contribution in [0.15, 0.2) is 66.9 Å². The number of hydrogen-bond acceptors (Lipinski definition) is 3. The molecule has 2 N–H and O–H groups in total. The Morgan fingerprint density at radius 1 is 1.04 bits per heavy atom. The Hall–Kier alpha value is -2.43. The van der Waals surface area contributed by atoms with Crippen molar-refractivity contribution in [2.75, 3.05) is 6.61 Å². The minimum absolute atomic E-state index is 0.214. The van der Waals surface area contributed by atoms with Gasteiger partial charge in [-0.25, -0.2) is 4.98 Å². The Morgan fingerprint density at radius 2 is 1.72 bits per heavy atom. The summed E-state index contributed by atoms with van der Waals surface area (Å²) in [5.41, 5.74) is 3.51. The Labute approximate surface area is 149 Å². The van der Waals surface area contributed by atoms with Crippen molar-refractivity contribution in [1.29, 1.82) is 0 Å². The van der Waals surface area contributed by atoms with Crippen LogP contribution in [0.25, 0.3) is 5.69 Å². The summed E-state index contributed by atoms with van der Waals surface area (Å²) < 4.78 is 2.18. The number of imidazole rings is 1. The number of aliphatic hydroxyl groups excluding tert-OH is 1. The summed E-state index contributed by atoms with van der Waals surface area (Å²) in [6.45, 7) is 2.96. The molecule has 3 aromatic rings. The molecule has 0 saturated carbocycles. The molecule has 130 valence electrons. The van der Waals surface area contributed by atoms with Crippen LogP contribution in [-0.4, -0.2) is 21.3 Å². The number of nitrogens with zero attached hydrogens (tertiary/aromatic N) is 2. The Bertz CT molecular complexity index is 768. The fourth-order valence-corrected chi connectivity index (χ4v) is 3.14. The Kier molecular flexibility index (Phi) is 5.99. The van der Waals surface area contributed by atoms with Gasteiger partial charge in [-0.1, -0.05) is 48.5 Å². The van der Waals surface area contributed by atoms with E-state index in [-0.39, 0.29) is 12.6 Å². The van der Waals surface area contributed by atoms with Crippen molar-refractivity contribution in [3.05, 3.63) is 83.9 Å². The number of para-hydroxylation sites is 1. The van der Waals surface area contributed by atoms with Crippen LogP contribution < -0.4 is 5.32 Å². The number of nitrogens with one attached hydrogen (secondary N) is 1. The van der Waals surface area contributed by atoms with Gasteiger partial charge in [-0.3, -0.25) is 4.57 Å². The first-order valence-electron chi connectivity index (χ1n) is 8.77. The first kappa shape index (κ1) is 17.4. The zero-order valence-corrected chi connectivity index (χ0v) is 14.6. The molecule has 1 atom stereocenters. The number of hydrogen-bond donors (Lipinski definition) is 2. The Balaban J connectivity index is 1.78. The van der Waals surface area contributed by atoms with Crippen LogP contribution in [0, 0.1) is 6.92 Å². The molecule has 1 heterocycles. The maximum absolute atomic E-state index is 9.20. The zero-order chi connectivity index (χ0) is 17.5. The van der Waals surface area contributed by atoms with E-state index in [0.29, 0.717) is 0 Å². The van der Waals surface area contributed by atoms with E-state index in [0.717, 1.165) is 36.6 Å². The molecule has 25 heavy (non-hydrogen) atoms. The summed E-state index contributed by atoms with van der Waals surface area (Å²) in [5, 5.41) is 12.8. The molecule has 0 aliphatic rings. The third kappa shape index (κ3) is 4.35. The first-order chi connectivity index (χ1) is 12.3. The van der Waals surface area contributed by atoms with E-state index in [1.807, 2.05) is 37.4 Å². The summed E-state index contributed by atoms with van der Waals surface area (Å²) in [6, 6.07) is 20.9. The summed E-state index contributed by atoms with van der Waals surface area (Å²) in [5.74, 6) is 0.981. The topological polar surface area (TPSA) is 50.1 Å². The van der Waals surface area contributed by atoms with Gasteiger partial charge in [-0.15, -0.1) is 0 Å². The van der Waals surface area contributed by atoms with E-state index in [9.17, 15) is 5.11 Å². The zero-order valence-electron chi connectivity index (χ0n) is 14.6. The third-order valence-corrected chi connectivity index (χ3v) is 4.41. The molecule has 0 saturated heterocycles. The van der Waals surface area contributed by atoms with Crippen LogP contribution in [0.2, 0.25) is 0 Å². The van der Waals surface area contributed by atoms with Crippen LogP contribution in [-0.2, 0) is 6.54 Å². The molecule has 2 aromatic carbocycles. The SMILES string of the molecule is Cc1ncc(CNC(CCCO)c2ccccc2)n1-c1ccccc1. The van der Waals surface area contributed by atoms with Crippen molar-refractivity contribution in [2.45, 2.75) is 32.4 Å². The van der Waals surface area contributed by atoms with Gasteiger partial charge >= 0.3 is 0 Å². The van der Waals surface area contributed by atoms with Crippen molar-refractivity contribution in [3.8, 4) is 5.69 Å².